The second kappa shape index (κ2) is 8.79. The summed E-state index contributed by atoms with van der Waals surface area (Å²) in [5.74, 6) is -0.315. The number of carbonyl (C=O) groups is 2. The fourth-order valence-corrected chi connectivity index (χ4v) is 4.92. The Balaban J connectivity index is 1.49. The van der Waals surface area contributed by atoms with E-state index < -0.39 is 5.41 Å². The molecule has 1 aliphatic heterocycles. The van der Waals surface area contributed by atoms with Crippen LogP contribution in [0, 0.1) is 5.41 Å². The number of nitrogens with zero attached hydrogens (tertiary/aromatic N) is 2. The number of hydrogen-bond acceptors (Lipinski definition) is 4. The number of likely N-dealkylation sites (tertiary alicyclic amines) is 1. The van der Waals surface area contributed by atoms with Crippen molar-refractivity contribution in [2.24, 2.45) is 11.1 Å². The summed E-state index contributed by atoms with van der Waals surface area (Å²) in [4.78, 5) is 32.5. The highest BCUT2D eigenvalue weighted by Gasteiger charge is 2.42. The molecular formula is C24H25N3O2S. The van der Waals surface area contributed by atoms with Gasteiger partial charge < -0.3 is 10.6 Å². The molecule has 1 fully saturated rings. The Morgan fingerprint density at radius 3 is 2.60 bits per heavy atom. The van der Waals surface area contributed by atoms with Crippen LogP contribution in [0.2, 0.25) is 0 Å². The number of primary amides is 1. The number of pyridine rings is 1. The number of piperidine rings is 1. The Hall–Kier alpha value is -2.99. The lowest BCUT2D eigenvalue weighted by atomic mass is 9.74. The summed E-state index contributed by atoms with van der Waals surface area (Å²) in [5.41, 5.74) is 8.27. The first-order valence-electron chi connectivity index (χ1n) is 10.2. The third-order valence-corrected chi connectivity index (χ3v) is 6.75. The number of amides is 2. The highest BCUT2D eigenvalue weighted by Crippen LogP contribution is 2.35. The summed E-state index contributed by atoms with van der Waals surface area (Å²) in [6.45, 7) is 1.03. The highest BCUT2D eigenvalue weighted by molar-refractivity contribution is 7.13. The van der Waals surface area contributed by atoms with Crippen molar-refractivity contribution in [3.05, 3.63) is 77.4 Å². The predicted octanol–water partition coefficient (Wildman–Crippen LogP) is 3.69. The molecule has 0 unspecified atom stereocenters. The van der Waals surface area contributed by atoms with Crippen LogP contribution in [0.5, 0.6) is 0 Å². The molecule has 4 rings (SSSR count). The number of aromatic nitrogens is 1. The van der Waals surface area contributed by atoms with E-state index in [-0.39, 0.29) is 18.2 Å². The molecule has 1 atom stereocenters. The summed E-state index contributed by atoms with van der Waals surface area (Å²) in [6, 6.07) is 16.2. The molecule has 1 aromatic carbocycles. The van der Waals surface area contributed by atoms with Crippen molar-refractivity contribution < 1.29 is 9.59 Å². The Kier molecular flexibility index (Phi) is 5.95. The predicted molar refractivity (Wildman–Crippen MR) is 119 cm³/mol. The van der Waals surface area contributed by atoms with Crippen LogP contribution < -0.4 is 5.73 Å². The lowest BCUT2D eigenvalue weighted by Gasteiger charge is -2.41. The number of thiophene rings is 1. The Labute approximate surface area is 180 Å². The standard InChI is InChI=1S/C24H25N3O2S/c25-23(29)24(15-18-6-8-20(9-7-18)21-5-2-13-30-21)10-3-12-27(17-24)22(28)14-19-4-1-11-26-16-19/h1-2,4-9,11,13,16H,3,10,12,14-15,17H2,(H2,25,29)/t24-/m1/s1. The summed E-state index contributed by atoms with van der Waals surface area (Å²) < 4.78 is 0. The first kappa shape index (κ1) is 20.3. The van der Waals surface area contributed by atoms with Crippen molar-refractivity contribution in [1.29, 1.82) is 0 Å². The van der Waals surface area contributed by atoms with Gasteiger partial charge in [0, 0.05) is 30.4 Å². The molecule has 0 aliphatic carbocycles. The third-order valence-electron chi connectivity index (χ3n) is 5.83. The van der Waals surface area contributed by atoms with E-state index in [0.717, 1.165) is 17.5 Å². The van der Waals surface area contributed by atoms with Gasteiger partial charge in [-0.25, -0.2) is 0 Å². The minimum atomic E-state index is -0.729. The zero-order valence-electron chi connectivity index (χ0n) is 16.8. The van der Waals surface area contributed by atoms with Gasteiger partial charge in [-0.1, -0.05) is 36.4 Å². The molecule has 154 valence electrons. The highest BCUT2D eigenvalue weighted by atomic mass is 32.1. The van der Waals surface area contributed by atoms with E-state index in [1.807, 2.05) is 18.2 Å². The Morgan fingerprint density at radius 2 is 1.93 bits per heavy atom. The van der Waals surface area contributed by atoms with E-state index >= 15 is 0 Å². The van der Waals surface area contributed by atoms with E-state index in [9.17, 15) is 9.59 Å². The molecule has 3 aromatic rings. The molecule has 2 amide bonds. The fraction of sp³-hybridized carbons (Fsp3) is 0.292. The van der Waals surface area contributed by atoms with Crippen LogP contribution in [-0.2, 0) is 22.4 Å². The molecule has 2 N–H and O–H groups in total. The van der Waals surface area contributed by atoms with Crippen molar-refractivity contribution >= 4 is 23.2 Å². The van der Waals surface area contributed by atoms with Gasteiger partial charge in [0.2, 0.25) is 11.8 Å². The van der Waals surface area contributed by atoms with Crippen molar-refractivity contribution in [3.63, 3.8) is 0 Å². The second-order valence-electron chi connectivity index (χ2n) is 7.95. The number of carbonyl (C=O) groups excluding carboxylic acids is 2. The van der Waals surface area contributed by atoms with Crippen LogP contribution in [0.25, 0.3) is 10.4 Å². The maximum Gasteiger partial charge on any atom is 0.227 e. The molecule has 1 aliphatic rings. The quantitative estimate of drug-likeness (QED) is 0.662. The van der Waals surface area contributed by atoms with Gasteiger partial charge in [0.1, 0.15) is 0 Å². The zero-order chi connectivity index (χ0) is 21.0. The summed E-state index contributed by atoms with van der Waals surface area (Å²) in [6.07, 6.45) is 5.71. The first-order valence-corrected chi connectivity index (χ1v) is 11.0. The summed E-state index contributed by atoms with van der Waals surface area (Å²) >= 11 is 1.70. The van der Waals surface area contributed by atoms with Crippen LogP contribution in [0.15, 0.2) is 66.3 Å². The number of hydrogen-bond donors (Lipinski definition) is 1. The van der Waals surface area contributed by atoms with E-state index in [0.29, 0.717) is 25.9 Å². The number of nitrogens with two attached hydrogens (primary N) is 1. The molecule has 0 bridgehead atoms. The van der Waals surface area contributed by atoms with Crippen molar-refractivity contribution in [2.75, 3.05) is 13.1 Å². The van der Waals surface area contributed by atoms with E-state index in [1.165, 1.54) is 10.4 Å². The van der Waals surface area contributed by atoms with Crippen LogP contribution in [0.4, 0.5) is 0 Å². The SMILES string of the molecule is NC(=O)[C@@]1(Cc2ccc(-c3cccs3)cc2)CCCN(C(=O)Cc2cccnc2)C1. The van der Waals surface area contributed by atoms with E-state index in [4.69, 9.17) is 5.73 Å². The number of benzene rings is 1. The van der Waals surface area contributed by atoms with Crippen molar-refractivity contribution in [2.45, 2.75) is 25.7 Å². The minimum absolute atomic E-state index is 0.0152. The Morgan fingerprint density at radius 1 is 1.10 bits per heavy atom. The average molecular weight is 420 g/mol. The Bertz CT molecular complexity index is 1000. The molecule has 6 heteroatoms. The fourth-order valence-electron chi connectivity index (χ4n) is 4.19. The third kappa shape index (κ3) is 4.44. The monoisotopic (exact) mass is 419 g/mol. The van der Waals surface area contributed by atoms with Gasteiger partial charge in [-0.05, 0) is 53.5 Å². The summed E-state index contributed by atoms with van der Waals surface area (Å²) in [7, 11) is 0. The second-order valence-corrected chi connectivity index (χ2v) is 8.90. The van der Waals surface area contributed by atoms with Gasteiger partial charge in [-0.2, -0.15) is 0 Å². The maximum atomic E-state index is 12.9. The zero-order valence-corrected chi connectivity index (χ0v) is 17.6. The van der Waals surface area contributed by atoms with Crippen LogP contribution >= 0.6 is 11.3 Å². The molecular weight excluding hydrogens is 394 g/mol. The molecule has 0 spiro atoms. The van der Waals surface area contributed by atoms with Crippen LogP contribution in [-0.4, -0.2) is 34.8 Å². The number of rotatable bonds is 6. The lowest BCUT2D eigenvalue weighted by Crippen LogP contribution is -2.53. The molecule has 3 heterocycles. The molecule has 0 radical (unpaired) electrons. The molecule has 0 saturated carbocycles. The van der Waals surface area contributed by atoms with Gasteiger partial charge in [0.15, 0.2) is 0 Å². The lowest BCUT2D eigenvalue weighted by molar-refractivity contribution is -0.139. The molecule has 2 aromatic heterocycles. The topological polar surface area (TPSA) is 76.3 Å². The largest absolute Gasteiger partial charge is 0.369 e. The van der Waals surface area contributed by atoms with Crippen molar-refractivity contribution in [1.82, 2.24) is 9.88 Å². The van der Waals surface area contributed by atoms with E-state index in [1.54, 1.807) is 28.6 Å². The van der Waals surface area contributed by atoms with Crippen molar-refractivity contribution in [3.8, 4) is 10.4 Å². The molecule has 30 heavy (non-hydrogen) atoms. The maximum absolute atomic E-state index is 12.9. The van der Waals surface area contributed by atoms with Gasteiger partial charge in [0.05, 0.1) is 11.8 Å². The molecule has 5 nitrogen and oxygen atoms in total. The van der Waals surface area contributed by atoms with Crippen LogP contribution in [0.1, 0.15) is 24.0 Å². The first-order chi connectivity index (χ1) is 14.6. The van der Waals surface area contributed by atoms with Crippen LogP contribution in [0.3, 0.4) is 0 Å². The van der Waals surface area contributed by atoms with Gasteiger partial charge >= 0.3 is 0 Å². The molecule has 1 saturated heterocycles. The van der Waals surface area contributed by atoms with E-state index in [2.05, 4.69) is 40.7 Å². The average Bonchev–Trinajstić information content (AvgIpc) is 3.30. The minimum Gasteiger partial charge on any atom is -0.369 e. The van der Waals surface area contributed by atoms with Gasteiger partial charge in [-0.15, -0.1) is 11.3 Å². The summed E-state index contributed by atoms with van der Waals surface area (Å²) in [5, 5.41) is 2.06. The normalized spacial score (nSPS) is 18.9. The van der Waals surface area contributed by atoms with Gasteiger partial charge in [0.25, 0.3) is 0 Å². The van der Waals surface area contributed by atoms with Gasteiger partial charge in [-0.3, -0.25) is 14.6 Å². The smallest absolute Gasteiger partial charge is 0.227 e.